The first-order chi connectivity index (χ1) is 11.7. The van der Waals surface area contributed by atoms with Crippen LogP contribution in [0.15, 0.2) is 17.1 Å². The number of halogens is 1. The molecule has 2 aromatic heterocycles. The van der Waals surface area contributed by atoms with Gasteiger partial charge in [-0.05, 0) is 39.5 Å². The minimum atomic E-state index is -0.488. The molecule has 0 aromatic carbocycles. The van der Waals surface area contributed by atoms with Crippen molar-refractivity contribution in [2.45, 2.75) is 45.8 Å². The highest BCUT2D eigenvalue weighted by molar-refractivity contribution is 6.29. The number of ether oxygens (including phenoxy) is 1. The first-order valence-corrected chi connectivity index (χ1v) is 8.83. The number of rotatable bonds is 2. The number of hydrogen-bond donors (Lipinski definition) is 1. The molecule has 0 radical (unpaired) electrons. The molecule has 1 fully saturated rings. The first kappa shape index (κ1) is 17.8. The van der Waals surface area contributed by atoms with Gasteiger partial charge in [-0.25, -0.2) is 14.6 Å². The quantitative estimate of drug-likeness (QED) is 0.828. The summed E-state index contributed by atoms with van der Waals surface area (Å²) in [6, 6.07) is 1.70. The molecule has 7 nitrogen and oxygen atoms in total. The number of hydrogen-bond acceptors (Lipinski definition) is 4. The molecular formula is C17H23ClN4O3. The van der Waals surface area contributed by atoms with E-state index in [-0.39, 0.29) is 11.8 Å². The van der Waals surface area contributed by atoms with Gasteiger partial charge in [0.2, 0.25) is 0 Å². The van der Waals surface area contributed by atoms with Gasteiger partial charge in [0.1, 0.15) is 10.8 Å². The Kier molecular flexibility index (Phi) is 4.77. The number of nitrogens with zero attached hydrogens (tertiary/aromatic N) is 3. The molecule has 136 valence electrons. The van der Waals surface area contributed by atoms with Crippen molar-refractivity contribution in [2.24, 2.45) is 5.92 Å². The summed E-state index contributed by atoms with van der Waals surface area (Å²) in [5.41, 5.74) is 0.798. The number of piperidine rings is 1. The predicted octanol–water partition coefficient (Wildman–Crippen LogP) is 3.03. The van der Waals surface area contributed by atoms with Crippen LogP contribution in [0.25, 0.3) is 11.0 Å². The smallest absolute Gasteiger partial charge is 0.410 e. The second-order valence-electron chi connectivity index (χ2n) is 7.48. The van der Waals surface area contributed by atoms with Crippen molar-refractivity contribution < 1.29 is 9.53 Å². The molecule has 2 aromatic rings. The lowest BCUT2D eigenvalue weighted by Crippen LogP contribution is -2.42. The van der Waals surface area contributed by atoms with Gasteiger partial charge in [-0.3, -0.25) is 4.57 Å². The minimum Gasteiger partial charge on any atom is -0.444 e. The monoisotopic (exact) mass is 366 g/mol. The summed E-state index contributed by atoms with van der Waals surface area (Å²) in [5, 5.41) is 0.361. The zero-order valence-electron chi connectivity index (χ0n) is 14.7. The molecule has 0 bridgehead atoms. The van der Waals surface area contributed by atoms with E-state index in [1.807, 2.05) is 20.8 Å². The number of amides is 1. The summed E-state index contributed by atoms with van der Waals surface area (Å²) in [6.45, 7) is 7.46. The van der Waals surface area contributed by atoms with Crippen LogP contribution in [0.2, 0.25) is 5.15 Å². The van der Waals surface area contributed by atoms with Crippen LogP contribution in [0.1, 0.15) is 33.6 Å². The fourth-order valence-corrected chi connectivity index (χ4v) is 3.25. The number of fused-ring (bicyclic) bond motifs is 1. The predicted molar refractivity (Wildman–Crippen MR) is 95.9 cm³/mol. The second-order valence-corrected chi connectivity index (χ2v) is 7.86. The van der Waals surface area contributed by atoms with Crippen LogP contribution in [0, 0.1) is 5.92 Å². The normalized spacial score (nSPS) is 16.4. The first-order valence-electron chi connectivity index (χ1n) is 8.45. The average Bonchev–Trinajstić information content (AvgIpc) is 2.82. The zero-order valence-corrected chi connectivity index (χ0v) is 15.5. The van der Waals surface area contributed by atoms with Crippen molar-refractivity contribution >= 4 is 28.7 Å². The maximum atomic E-state index is 12.2. The van der Waals surface area contributed by atoms with E-state index >= 15 is 0 Å². The lowest BCUT2D eigenvalue weighted by atomic mass is 9.97. The van der Waals surface area contributed by atoms with Crippen LogP contribution in [0.4, 0.5) is 4.79 Å². The van der Waals surface area contributed by atoms with E-state index in [0.717, 1.165) is 18.4 Å². The second kappa shape index (κ2) is 6.71. The molecule has 1 N–H and O–H groups in total. The number of H-pyrrole nitrogens is 1. The third-order valence-electron chi connectivity index (χ3n) is 4.33. The fraction of sp³-hybridized carbons (Fsp3) is 0.588. The molecular weight excluding hydrogens is 344 g/mol. The number of aromatic amines is 1. The minimum absolute atomic E-state index is 0.159. The van der Waals surface area contributed by atoms with Crippen LogP contribution in [0.3, 0.4) is 0 Å². The van der Waals surface area contributed by atoms with Gasteiger partial charge in [-0.1, -0.05) is 11.6 Å². The molecule has 25 heavy (non-hydrogen) atoms. The standard InChI is InChI=1S/C17H23ClN4O3/c1-17(2,3)25-16(24)21-6-4-11(5-7-21)10-22-13-8-14(18)19-9-12(13)20-15(22)23/h8-9,11H,4-7,10H2,1-3H3,(H,20,23). The molecule has 0 spiro atoms. The number of carbonyl (C=O) groups excluding carboxylic acids is 1. The van der Waals surface area contributed by atoms with E-state index < -0.39 is 5.60 Å². The molecule has 0 saturated carbocycles. The average molecular weight is 367 g/mol. The number of aromatic nitrogens is 3. The van der Waals surface area contributed by atoms with E-state index in [2.05, 4.69) is 9.97 Å². The van der Waals surface area contributed by atoms with E-state index in [1.54, 1.807) is 21.7 Å². The molecule has 0 atom stereocenters. The third kappa shape index (κ3) is 4.15. The number of likely N-dealkylation sites (tertiary alicyclic amines) is 1. The van der Waals surface area contributed by atoms with Crippen molar-refractivity contribution in [1.29, 1.82) is 0 Å². The van der Waals surface area contributed by atoms with E-state index in [4.69, 9.17) is 16.3 Å². The topological polar surface area (TPSA) is 80.2 Å². The molecule has 1 aliphatic rings. The van der Waals surface area contributed by atoms with Gasteiger partial charge in [0, 0.05) is 25.7 Å². The lowest BCUT2D eigenvalue weighted by Gasteiger charge is -2.33. The highest BCUT2D eigenvalue weighted by Gasteiger charge is 2.27. The van der Waals surface area contributed by atoms with Crippen molar-refractivity contribution in [3.05, 3.63) is 27.9 Å². The Morgan fingerprint density at radius 2 is 2.08 bits per heavy atom. The molecule has 1 saturated heterocycles. The lowest BCUT2D eigenvalue weighted by molar-refractivity contribution is 0.0178. The molecule has 3 rings (SSSR count). The van der Waals surface area contributed by atoms with Crippen molar-refractivity contribution in [3.63, 3.8) is 0 Å². The van der Waals surface area contributed by atoms with Crippen LogP contribution < -0.4 is 5.69 Å². The highest BCUT2D eigenvalue weighted by Crippen LogP contribution is 2.22. The van der Waals surface area contributed by atoms with Crippen LogP contribution in [-0.4, -0.2) is 44.2 Å². The summed E-state index contributed by atoms with van der Waals surface area (Å²) in [6.07, 6.45) is 2.96. The van der Waals surface area contributed by atoms with Crippen molar-refractivity contribution in [1.82, 2.24) is 19.4 Å². The van der Waals surface area contributed by atoms with Crippen molar-refractivity contribution in [3.8, 4) is 0 Å². The summed E-state index contributed by atoms with van der Waals surface area (Å²) < 4.78 is 7.12. The Bertz CT molecular complexity index is 829. The molecule has 0 unspecified atom stereocenters. The van der Waals surface area contributed by atoms with Gasteiger partial charge in [-0.15, -0.1) is 0 Å². The zero-order chi connectivity index (χ0) is 18.2. The summed E-state index contributed by atoms with van der Waals surface area (Å²) in [4.78, 5) is 32.9. The highest BCUT2D eigenvalue weighted by atomic mass is 35.5. The summed E-state index contributed by atoms with van der Waals surface area (Å²) in [7, 11) is 0. The van der Waals surface area contributed by atoms with Gasteiger partial charge in [0.15, 0.2) is 0 Å². The van der Waals surface area contributed by atoms with Gasteiger partial charge < -0.3 is 14.6 Å². The number of nitrogens with one attached hydrogen (secondary N) is 1. The number of pyridine rings is 1. The Morgan fingerprint density at radius 1 is 1.40 bits per heavy atom. The Morgan fingerprint density at radius 3 is 2.72 bits per heavy atom. The molecule has 3 heterocycles. The Labute approximate surface area is 150 Å². The SMILES string of the molecule is CC(C)(C)OC(=O)N1CCC(Cn2c(=O)[nH]c3cnc(Cl)cc32)CC1. The molecule has 0 aliphatic carbocycles. The fourth-order valence-electron chi connectivity index (χ4n) is 3.10. The van der Waals surface area contributed by atoms with Gasteiger partial charge >= 0.3 is 11.8 Å². The van der Waals surface area contributed by atoms with E-state index in [9.17, 15) is 9.59 Å². The van der Waals surface area contributed by atoms with Gasteiger partial charge in [0.25, 0.3) is 0 Å². The summed E-state index contributed by atoms with van der Waals surface area (Å²) >= 11 is 5.95. The van der Waals surface area contributed by atoms with Crippen LogP contribution >= 0.6 is 11.6 Å². The van der Waals surface area contributed by atoms with Gasteiger partial charge in [0.05, 0.1) is 17.2 Å². The number of carbonyl (C=O) groups is 1. The Hall–Kier alpha value is -2.02. The largest absolute Gasteiger partial charge is 0.444 e. The van der Waals surface area contributed by atoms with E-state index in [1.165, 1.54) is 0 Å². The van der Waals surface area contributed by atoms with Gasteiger partial charge in [-0.2, -0.15) is 0 Å². The third-order valence-corrected chi connectivity index (χ3v) is 4.54. The van der Waals surface area contributed by atoms with Crippen molar-refractivity contribution in [2.75, 3.05) is 13.1 Å². The van der Waals surface area contributed by atoms with Crippen LogP contribution in [-0.2, 0) is 11.3 Å². The Balaban J connectivity index is 1.65. The summed E-state index contributed by atoms with van der Waals surface area (Å²) in [5.74, 6) is 0.322. The maximum absolute atomic E-state index is 12.2. The maximum Gasteiger partial charge on any atom is 0.410 e. The molecule has 8 heteroatoms. The molecule has 1 aliphatic heterocycles. The molecule has 1 amide bonds. The van der Waals surface area contributed by atoms with E-state index in [0.29, 0.717) is 36.2 Å². The van der Waals surface area contributed by atoms with Crippen LogP contribution in [0.5, 0.6) is 0 Å². The number of imidazole rings is 1.